The minimum absolute atomic E-state index is 0.0238. The van der Waals surface area contributed by atoms with Crippen molar-refractivity contribution >= 4 is 17.7 Å². The Kier molecular flexibility index (Phi) is 4.57. The summed E-state index contributed by atoms with van der Waals surface area (Å²) in [5, 5.41) is 8.33. The van der Waals surface area contributed by atoms with Gasteiger partial charge in [0.05, 0.1) is 12.1 Å². The van der Waals surface area contributed by atoms with E-state index < -0.39 is 6.04 Å². The van der Waals surface area contributed by atoms with E-state index in [0.29, 0.717) is 12.8 Å². The molecule has 0 bridgehead atoms. The van der Waals surface area contributed by atoms with Gasteiger partial charge in [0.2, 0.25) is 17.7 Å². The number of ether oxygens (including phenoxy) is 1. The van der Waals surface area contributed by atoms with Gasteiger partial charge in [-0.25, -0.2) is 0 Å². The second-order valence-electron chi connectivity index (χ2n) is 5.71. The van der Waals surface area contributed by atoms with Gasteiger partial charge < -0.3 is 20.7 Å². The Morgan fingerprint density at radius 3 is 2.65 bits per heavy atom. The highest BCUT2D eigenvalue weighted by Gasteiger charge is 2.32. The highest BCUT2D eigenvalue weighted by atomic mass is 16.5. The topological polar surface area (TPSA) is 96.5 Å². The first-order chi connectivity index (χ1) is 11.1. The van der Waals surface area contributed by atoms with Crippen molar-refractivity contribution in [3.63, 3.8) is 0 Å². The van der Waals surface area contributed by atoms with Crippen LogP contribution in [0.5, 0.6) is 0 Å². The Morgan fingerprint density at radius 2 is 1.96 bits per heavy atom. The zero-order chi connectivity index (χ0) is 16.2. The van der Waals surface area contributed by atoms with Crippen LogP contribution in [0, 0.1) is 0 Å². The van der Waals surface area contributed by atoms with Crippen molar-refractivity contribution in [1.29, 1.82) is 0 Å². The molecule has 0 spiro atoms. The Morgan fingerprint density at radius 1 is 1.17 bits per heavy atom. The fraction of sp³-hybridized carbons (Fsp3) is 0.438. The second-order valence-corrected chi connectivity index (χ2v) is 5.71. The van der Waals surface area contributed by atoms with Crippen LogP contribution in [0.4, 0.5) is 0 Å². The van der Waals surface area contributed by atoms with E-state index in [1.54, 1.807) is 0 Å². The van der Waals surface area contributed by atoms with Crippen molar-refractivity contribution in [3.8, 4) is 0 Å². The highest BCUT2D eigenvalue weighted by Crippen LogP contribution is 2.22. The number of nitrogens with one attached hydrogen (secondary N) is 3. The summed E-state index contributed by atoms with van der Waals surface area (Å²) in [6, 6.07) is 8.71. The minimum Gasteiger partial charge on any atom is -0.364 e. The van der Waals surface area contributed by atoms with Gasteiger partial charge in [-0.15, -0.1) is 0 Å². The molecule has 3 rings (SSSR count). The largest absolute Gasteiger partial charge is 0.364 e. The molecule has 0 saturated carbocycles. The van der Waals surface area contributed by atoms with Crippen molar-refractivity contribution in [1.82, 2.24) is 16.0 Å². The Hall–Kier alpha value is -2.41. The first-order valence-electron chi connectivity index (χ1n) is 7.66. The predicted molar refractivity (Wildman–Crippen MR) is 81.2 cm³/mol. The monoisotopic (exact) mass is 317 g/mol. The van der Waals surface area contributed by atoms with Crippen LogP contribution in [0.15, 0.2) is 30.3 Å². The van der Waals surface area contributed by atoms with Gasteiger partial charge in [-0.2, -0.15) is 0 Å². The fourth-order valence-corrected chi connectivity index (χ4v) is 2.86. The van der Waals surface area contributed by atoms with Crippen LogP contribution < -0.4 is 16.0 Å². The normalized spacial score (nSPS) is 27.2. The van der Waals surface area contributed by atoms with E-state index >= 15 is 0 Å². The third-order valence-corrected chi connectivity index (χ3v) is 4.06. The van der Waals surface area contributed by atoms with Crippen LogP contribution in [0.1, 0.15) is 24.4 Å². The molecule has 0 aliphatic carbocycles. The predicted octanol–water partition coefficient (Wildman–Crippen LogP) is -0.362. The molecule has 3 atom stereocenters. The number of carbonyl (C=O) groups is 3. The number of carbonyl (C=O) groups excluding carboxylic acids is 3. The minimum atomic E-state index is -0.476. The van der Waals surface area contributed by atoms with E-state index in [0.717, 1.165) is 5.56 Å². The summed E-state index contributed by atoms with van der Waals surface area (Å²) in [6.45, 7) is 0.245. The molecule has 0 unspecified atom stereocenters. The molecule has 3 N–H and O–H groups in total. The lowest BCUT2D eigenvalue weighted by molar-refractivity contribution is -0.137. The van der Waals surface area contributed by atoms with E-state index in [9.17, 15) is 14.4 Å². The molecular formula is C16H19N3O4. The maximum Gasteiger partial charge on any atom is 0.246 e. The van der Waals surface area contributed by atoms with E-state index in [-0.39, 0.29) is 43.0 Å². The molecule has 2 heterocycles. The molecule has 2 saturated heterocycles. The first-order valence-corrected chi connectivity index (χ1v) is 7.66. The molecule has 2 aliphatic heterocycles. The molecule has 2 aliphatic rings. The van der Waals surface area contributed by atoms with E-state index in [4.69, 9.17) is 4.74 Å². The summed E-state index contributed by atoms with van der Waals surface area (Å²) in [5.41, 5.74) is 0.925. The zero-order valence-corrected chi connectivity index (χ0v) is 12.6. The number of morpholine rings is 1. The molecule has 1 aromatic rings. The van der Waals surface area contributed by atoms with Crippen molar-refractivity contribution in [3.05, 3.63) is 35.9 Å². The van der Waals surface area contributed by atoms with E-state index in [2.05, 4.69) is 16.0 Å². The van der Waals surface area contributed by atoms with Gasteiger partial charge >= 0.3 is 0 Å². The summed E-state index contributed by atoms with van der Waals surface area (Å²) in [5.74, 6) is -0.499. The van der Waals surface area contributed by atoms with Crippen molar-refractivity contribution < 1.29 is 19.1 Å². The van der Waals surface area contributed by atoms with Crippen LogP contribution >= 0.6 is 0 Å². The number of amides is 3. The van der Waals surface area contributed by atoms with Crippen LogP contribution in [0.2, 0.25) is 0 Å². The fourth-order valence-electron chi connectivity index (χ4n) is 2.86. The van der Waals surface area contributed by atoms with Gasteiger partial charge in [0.15, 0.2) is 0 Å². The van der Waals surface area contributed by atoms with Gasteiger partial charge in [-0.3, -0.25) is 14.4 Å². The average molecular weight is 317 g/mol. The smallest absolute Gasteiger partial charge is 0.246 e. The van der Waals surface area contributed by atoms with E-state index in [1.165, 1.54) is 0 Å². The van der Waals surface area contributed by atoms with Crippen molar-refractivity contribution in [2.45, 2.75) is 31.0 Å². The van der Waals surface area contributed by atoms with Crippen molar-refractivity contribution in [2.24, 2.45) is 0 Å². The van der Waals surface area contributed by atoms with Gasteiger partial charge in [0.1, 0.15) is 12.6 Å². The maximum absolute atomic E-state index is 12.1. The molecule has 0 radical (unpaired) electrons. The Labute approximate surface area is 133 Å². The summed E-state index contributed by atoms with van der Waals surface area (Å²) in [7, 11) is 0. The number of benzene rings is 1. The van der Waals surface area contributed by atoms with Gasteiger partial charge in [0, 0.05) is 13.0 Å². The molecule has 1 aromatic carbocycles. The van der Waals surface area contributed by atoms with Crippen molar-refractivity contribution in [2.75, 3.05) is 13.2 Å². The lowest BCUT2D eigenvalue weighted by atomic mass is 9.99. The molecule has 122 valence electrons. The first kappa shape index (κ1) is 15.5. The summed E-state index contributed by atoms with van der Waals surface area (Å²) in [4.78, 5) is 34.9. The van der Waals surface area contributed by atoms with Gasteiger partial charge in [-0.05, 0) is 12.0 Å². The molecule has 0 aromatic heterocycles. The number of hydrogen-bond donors (Lipinski definition) is 3. The maximum atomic E-state index is 12.1. The molecule has 7 nitrogen and oxygen atoms in total. The SMILES string of the molecule is O=C1CC[C@@H](C(=O)NC[C@@H]2OCC(=O)N[C@@H]2c2ccccc2)N1. The summed E-state index contributed by atoms with van der Waals surface area (Å²) >= 11 is 0. The third kappa shape index (κ3) is 3.68. The molecular weight excluding hydrogens is 298 g/mol. The van der Waals surface area contributed by atoms with Gasteiger partial charge in [0.25, 0.3) is 0 Å². The third-order valence-electron chi connectivity index (χ3n) is 4.06. The van der Waals surface area contributed by atoms with Crippen LogP contribution in [-0.2, 0) is 19.1 Å². The molecule has 3 amide bonds. The highest BCUT2D eigenvalue weighted by molar-refractivity contribution is 5.90. The van der Waals surface area contributed by atoms with Crippen LogP contribution in [-0.4, -0.2) is 43.0 Å². The standard InChI is InChI=1S/C16H19N3O4/c20-13-7-6-11(18-13)16(22)17-8-12-15(19-14(21)9-23-12)10-4-2-1-3-5-10/h1-5,11-12,15H,6-9H2,(H,17,22)(H,18,20)(H,19,21)/t11-,12-,15+/m0/s1. The van der Waals surface area contributed by atoms with E-state index in [1.807, 2.05) is 30.3 Å². The quantitative estimate of drug-likeness (QED) is 0.706. The molecule has 23 heavy (non-hydrogen) atoms. The lowest BCUT2D eigenvalue weighted by Crippen LogP contribution is -2.52. The number of rotatable bonds is 4. The van der Waals surface area contributed by atoms with Gasteiger partial charge in [-0.1, -0.05) is 30.3 Å². The Bertz CT molecular complexity index is 605. The molecule has 7 heteroatoms. The average Bonchev–Trinajstić information content (AvgIpc) is 3.01. The zero-order valence-electron chi connectivity index (χ0n) is 12.6. The second kappa shape index (κ2) is 6.78. The van der Waals surface area contributed by atoms with Crippen LogP contribution in [0.3, 0.4) is 0 Å². The van der Waals surface area contributed by atoms with Crippen LogP contribution in [0.25, 0.3) is 0 Å². The summed E-state index contributed by atoms with van der Waals surface area (Å²) in [6.07, 6.45) is 0.534. The number of hydrogen-bond acceptors (Lipinski definition) is 4. The lowest BCUT2D eigenvalue weighted by Gasteiger charge is -2.33. The Balaban J connectivity index is 1.62. The molecule has 2 fully saturated rings. The summed E-state index contributed by atoms with van der Waals surface area (Å²) < 4.78 is 5.58.